The lowest BCUT2D eigenvalue weighted by molar-refractivity contribution is 0.305. The first-order valence-corrected chi connectivity index (χ1v) is 25.6. The number of hydrogen-bond donors (Lipinski definition) is 1. The third-order valence-corrected chi connectivity index (χ3v) is 15.3. The maximum Gasteiger partial charge on any atom is 0.0689 e. The molecular formula is C64H76N2. The van der Waals surface area contributed by atoms with Gasteiger partial charge in [-0.1, -0.05) is 173 Å². The fraction of sp³-hybridized carbons (Fsp3) is 0.375. The summed E-state index contributed by atoms with van der Waals surface area (Å²) in [7, 11) is 0. The smallest absolute Gasteiger partial charge is 0.0689 e. The van der Waals surface area contributed by atoms with Gasteiger partial charge in [-0.05, 0) is 178 Å². The Morgan fingerprint density at radius 2 is 1.67 bits per heavy atom. The molecule has 5 unspecified atom stereocenters. The Balaban J connectivity index is 1.24. The van der Waals surface area contributed by atoms with Gasteiger partial charge in [0.2, 0.25) is 0 Å². The Labute approximate surface area is 399 Å². The molecule has 0 fully saturated rings. The summed E-state index contributed by atoms with van der Waals surface area (Å²) in [6.07, 6.45) is 72.7. The van der Waals surface area contributed by atoms with E-state index in [0.29, 0.717) is 5.92 Å². The predicted molar refractivity (Wildman–Crippen MR) is 285 cm³/mol. The standard InChI is InChI=1S/C64H76N2/c1-7-10-25-48(5)62-45-55(40-42-60(62)59-33-23-22-32-58(59)52-27-18-14-19-28-52)66(54-38-36-51(37-39-54)50-26-17-13-12-16-24-47(4)34-35-50)56-41-43-61-57(31-11-8-2)49(6)64(63(61)46-56,65-44-9-3)53-29-20-15-21-30-53/h8,10-11,14-16,18,20,22-27,29,31-32,36,38,40-43,46,55,59,61,63,65H,2,4-5,7,9,12-13,17,19,21,28,30,33-35,37,39,44-45H2,1,3,6H3/b24-16-,25-10-,31-11-,50-26+. The number of fused-ring (bicyclic) bond motifs is 1. The zero-order chi connectivity index (χ0) is 45.9. The summed E-state index contributed by atoms with van der Waals surface area (Å²) in [5, 5.41) is 4.25. The van der Waals surface area contributed by atoms with Gasteiger partial charge in [-0.25, -0.2) is 0 Å². The van der Waals surface area contributed by atoms with E-state index in [4.69, 9.17) is 6.58 Å². The predicted octanol–water partition coefficient (Wildman–Crippen LogP) is 16.6. The van der Waals surface area contributed by atoms with Crippen molar-refractivity contribution >= 4 is 0 Å². The zero-order valence-corrected chi connectivity index (χ0v) is 40.5. The van der Waals surface area contributed by atoms with Crippen LogP contribution in [0.5, 0.6) is 0 Å². The molecule has 5 atom stereocenters. The number of nitrogens with zero attached hydrogens (tertiary/aromatic N) is 1. The molecule has 0 aromatic rings. The Hall–Kier alpha value is -5.44. The Bertz CT molecular complexity index is 2450. The molecule has 0 saturated carbocycles. The number of allylic oxidation sites excluding steroid dienone is 31. The second-order valence-corrected chi connectivity index (χ2v) is 19.4. The van der Waals surface area contributed by atoms with Crippen molar-refractivity contribution in [1.29, 1.82) is 0 Å². The monoisotopic (exact) mass is 873 g/mol. The van der Waals surface area contributed by atoms with Crippen LogP contribution in [0.25, 0.3) is 0 Å². The van der Waals surface area contributed by atoms with E-state index in [-0.39, 0.29) is 23.4 Å². The summed E-state index contributed by atoms with van der Waals surface area (Å²) in [5.41, 5.74) is 18.0. The van der Waals surface area contributed by atoms with Gasteiger partial charge in [0.1, 0.15) is 0 Å². The summed E-state index contributed by atoms with van der Waals surface area (Å²) >= 11 is 0. The van der Waals surface area contributed by atoms with Crippen LogP contribution >= 0.6 is 0 Å². The van der Waals surface area contributed by atoms with E-state index in [1.807, 2.05) is 6.08 Å². The van der Waals surface area contributed by atoms with Crippen molar-refractivity contribution in [1.82, 2.24) is 10.2 Å². The zero-order valence-electron chi connectivity index (χ0n) is 40.5. The average molecular weight is 873 g/mol. The fourth-order valence-electron chi connectivity index (χ4n) is 11.9. The quantitative estimate of drug-likeness (QED) is 0.165. The van der Waals surface area contributed by atoms with Crippen molar-refractivity contribution in [2.24, 2.45) is 17.8 Å². The summed E-state index contributed by atoms with van der Waals surface area (Å²) in [6, 6.07) is 0.126. The molecule has 342 valence electrons. The minimum Gasteiger partial charge on any atom is -0.338 e. The van der Waals surface area contributed by atoms with Crippen molar-refractivity contribution in [3.8, 4) is 0 Å². The summed E-state index contributed by atoms with van der Waals surface area (Å²) in [4.78, 5) is 2.75. The lowest BCUT2D eigenvalue weighted by Crippen LogP contribution is -2.53. The second kappa shape index (κ2) is 22.4. The molecule has 66 heavy (non-hydrogen) atoms. The number of hydrogen-bond acceptors (Lipinski definition) is 2. The molecule has 0 bridgehead atoms. The van der Waals surface area contributed by atoms with E-state index in [2.05, 4.69) is 184 Å². The first kappa shape index (κ1) is 47.1. The molecule has 0 amide bonds. The molecule has 0 aromatic carbocycles. The van der Waals surface area contributed by atoms with Crippen LogP contribution in [0.15, 0.2) is 238 Å². The van der Waals surface area contributed by atoms with Crippen LogP contribution in [0.2, 0.25) is 0 Å². The molecule has 0 aromatic heterocycles. The van der Waals surface area contributed by atoms with Crippen LogP contribution in [0.1, 0.15) is 117 Å². The van der Waals surface area contributed by atoms with Gasteiger partial charge in [-0.15, -0.1) is 0 Å². The molecular weight excluding hydrogens is 797 g/mol. The van der Waals surface area contributed by atoms with Crippen LogP contribution < -0.4 is 5.32 Å². The molecule has 2 nitrogen and oxygen atoms in total. The minimum atomic E-state index is -0.274. The van der Waals surface area contributed by atoms with Gasteiger partial charge >= 0.3 is 0 Å². The Morgan fingerprint density at radius 3 is 2.42 bits per heavy atom. The third kappa shape index (κ3) is 10.1. The van der Waals surface area contributed by atoms with E-state index >= 15 is 0 Å². The fourth-order valence-corrected chi connectivity index (χ4v) is 11.9. The molecule has 0 radical (unpaired) electrons. The summed E-state index contributed by atoms with van der Waals surface area (Å²) in [5.74, 6) is 0.790. The van der Waals surface area contributed by atoms with E-state index < -0.39 is 0 Å². The van der Waals surface area contributed by atoms with Crippen LogP contribution in [0.3, 0.4) is 0 Å². The van der Waals surface area contributed by atoms with Gasteiger partial charge in [0, 0.05) is 29.1 Å². The SMILES string of the molecule is C=C/C=C\C1=C(C)C(NCCC)(C2=CC=CCC2)C2C=C(N(C3=CC=C(/C4=C/CCC/C=C\C(=C)CC4)CC3)C3C=CC(C4CC=CC=C4C4=CC=CCC4)=C(C(=C)/C=C\CC)C3)C=CC12. The Morgan fingerprint density at radius 1 is 0.833 bits per heavy atom. The van der Waals surface area contributed by atoms with Crippen molar-refractivity contribution < 1.29 is 0 Å². The molecule has 0 saturated heterocycles. The van der Waals surface area contributed by atoms with Crippen LogP contribution in [0.4, 0.5) is 0 Å². The molecule has 8 aliphatic rings. The normalized spacial score (nSPS) is 29.2. The maximum absolute atomic E-state index is 4.83. The van der Waals surface area contributed by atoms with Gasteiger partial charge in [-0.3, -0.25) is 0 Å². The second-order valence-electron chi connectivity index (χ2n) is 19.4. The molecule has 0 aliphatic heterocycles. The molecule has 0 heterocycles. The molecule has 8 aliphatic carbocycles. The highest BCUT2D eigenvalue weighted by Gasteiger charge is 2.52. The van der Waals surface area contributed by atoms with Gasteiger partial charge in [0.25, 0.3) is 0 Å². The summed E-state index contributed by atoms with van der Waals surface area (Å²) in [6.45, 7) is 21.2. The number of nitrogens with one attached hydrogen (secondary N) is 1. The topological polar surface area (TPSA) is 15.3 Å². The van der Waals surface area contributed by atoms with Crippen LogP contribution in [-0.4, -0.2) is 23.0 Å². The van der Waals surface area contributed by atoms with E-state index in [0.717, 1.165) is 102 Å². The highest BCUT2D eigenvalue weighted by molar-refractivity contribution is 5.58. The van der Waals surface area contributed by atoms with Crippen LogP contribution in [0, 0.1) is 17.8 Å². The first-order valence-electron chi connectivity index (χ1n) is 25.6. The third-order valence-electron chi connectivity index (χ3n) is 15.3. The molecule has 1 N–H and O–H groups in total. The van der Waals surface area contributed by atoms with Crippen LogP contribution in [-0.2, 0) is 0 Å². The minimum absolute atomic E-state index is 0.126. The van der Waals surface area contributed by atoms with Gasteiger partial charge < -0.3 is 10.2 Å². The highest BCUT2D eigenvalue weighted by Crippen LogP contribution is 2.54. The first-order chi connectivity index (χ1) is 32.4. The number of rotatable bonds is 15. The molecule has 8 rings (SSSR count). The van der Waals surface area contributed by atoms with Gasteiger partial charge in [0.05, 0.1) is 11.6 Å². The average Bonchev–Trinajstić information content (AvgIpc) is 3.60. The van der Waals surface area contributed by atoms with Crippen molar-refractivity contribution in [3.05, 3.63) is 238 Å². The van der Waals surface area contributed by atoms with Crippen molar-refractivity contribution in [2.75, 3.05) is 6.54 Å². The largest absolute Gasteiger partial charge is 0.338 e. The van der Waals surface area contributed by atoms with Crippen molar-refractivity contribution in [3.63, 3.8) is 0 Å². The lowest BCUT2D eigenvalue weighted by Gasteiger charge is -2.45. The molecule has 2 heteroatoms. The van der Waals surface area contributed by atoms with E-state index in [1.165, 1.54) is 73.5 Å². The Kier molecular flexibility index (Phi) is 16.0. The van der Waals surface area contributed by atoms with Gasteiger partial charge in [0.15, 0.2) is 0 Å². The van der Waals surface area contributed by atoms with E-state index in [9.17, 15) is 0 Å². The van der Waals surface area contributed by atoms with Crippen molar-refractivity contribution in [2.45, 2.75) is 129 Å². The molecule has 0 spiro atoms. The highest BCUT2D eigenvalue weighted by atomic mass is 15.2. The lowest BCUT2D eigenvalue weighted by atomic mass is 9.69. The van der Waals surface area contributed by atoms with Gasteiger partial charge in [-0.2, -0.15) is 0 Å². The van der Waals surface area contributed by atoms with E-state index in [1.54, 1.807) is 0 Å². The maximum atomic E-state index is 4.83. The summed E-state index contributed by atoms with van der Waals surface area (Å²) < 4.78 is 0.